The standard InChI is InChI=1S/C15H18N2O4/c1-7-11(17-21-12(7)8-2-3-8)13(18)16-10-4-9-5-15(9,6-10)14(19)20/h8-10H,2-6H2,1H3,(H,16,18)(H,19,20)/t9-,10+,15+/m0/s1. The molecule has 3 atom stereocenters. The molecule has 21 heavy (non-hydrogen) atoms. The maximum absolute atomic E-state index is 12.3. The fourth-order valence-electron chi connectivity index (χ4n) is 3.81. The molecule has 3 saturated carbocycles. The first-order valence-electron chi connectivity index (χ1n) is 7.51. The molecule has 3 aliphatic rings. The molecule has 0 spiro atoms. The predicted octanol–water partition coefficient (Wildman–Crippen LogP) is 1.84. The summed E-state index contributed by atoms with van der Waals surface area (Å²) in [5, 5.41) is 16.1. The normalized spacial score (nSPS) is 33.6. The highest BCUT2D eigenvalue weighted by atomic mass is 16.5. The van der Waals surface area contributed by atoms with Crippen LogP contribution in [0.1, 0.15) is 59.8 Å². The maximum Gasteiger partial charge on any atom is 0.310 e. The number of amides is 1. The maximum atomic E-state index is 12.3. The molecule has 4 rings (SSSR count). The summed E-state index contributed by atoms with van der Waals surface area (Å²) in [6, 6.07) is -0.0622. The van der Waals surface area contributed by atoms with Gasteiger partial charge in [-0.05, 0) is 44.9 Å². The molecule has 0 bridgehead atoms. The first-order chi connectivity index (χ1) is 10.0. The molecule has 0 aromatic carbocycles. The Morgan fingerprint density at radius 3 is 2.76 bits per heavy atom. The number of carboxylic acid groups (broad SMARTS) is 1. The van der Waals surface area contributed by atoms with E-state index in [9.17, 15) is 14.7 Å². The lowest BCUT2D eigenvalue weighted by Crippen LogP contribution is -2.35. The summed E-state index contributed by atoms with van der Waals surface area (Å²) < 4.78 is 5.29. The highest BCUT2D eigenvalue weighted by Crippen LogP contribution is 2.63. The zero-order valence-corrected chi connectivity index (χ0v) is 11.9. The van der Waals surface area contributed by atoms with Crippen LogP contribution in [0.5, 0.6) is 0 Å². The third-order valence-electron chi connectivity index (χ3n) is 5.30. The van der Waals surface area contributed by atoms with Crippen molar-refractivity contribution >= 4 is 11.9 Å². The number of nitrogens with zero attached hydrogens (tertiary/aromatic N) is 1. The first kappa shape index (κ1) is 12.9. The van der Waals surface area contributed by atoms with Crippen molar-refractivity contribution in [3.63, 3.8) is 0 Å². The largest absolute Gasteiger partial charge is 0.481 e. The number of carboxylic acids is 1. The van der Waals surface area contributed by atoms with E-state index in [1.807, 2.05) is 6.92 Å². The number of fused-ring (bicyclic) bond motifs is 1. The van der Waals surface area contributed by atoms with Gasteiger partial charge in [-0.1, -0.05) is 5.16 Å². The first-order valence-corrected chi connectivity index (χ1v) is 7.51. The van der Waals surface area contributed by atoms with E-state index >= 15 is 0 Å². The third-order valence-corrected chi connectivity index (χ3v) is 5.30. The average molecular weight is 290 g/mol. The van der Waals surface area contributed by atoms with Crippen molar-refractivity contribution < 1.29 is 19.2 Å². The average Bonchev–Trinajstić information content (AvgIpc) is 3.32. The van der Waals surface area contributed by atoms with Crippen LogP contribution < -0.4 is 5.32 Å². The topological polar surface area (TPSA) is 92.4 Å². The van der Waals surface area contributed by atoms with Gasteiger partial charge < -0.3 is 14.9 Å². The molecule has 0 radical (unpaired) electrons. The van der Waals surface area contributed by atoms with Crippen molar-refractivity contribution in [3.05, 3.63) is 17.0 Å². The zero-order chi connectivity index (χ0) is 14.8. The van der Waals surface area contributed by atoms with Gasteiger partial charge in [0.1, 0.15) is 5.76 Å². The molecule has 1 aromatic heterocycles. The Kier molecular flexibility index (Phi) is 2.50. The van der Waals surface area contributed by atoms with E-state index in [4.69, 9.17) is 4.52 Å². The molecule has 1 aromatic rings. The molecule has 1 amide bonds. The van der Waals surface area contributed by atoms with Gasteiger partial charge in [-0.3, -0.25) is 9.59 Å². The van der Waals surface area contributed by atoms with Gasteiger partial charge >= 0.3 is 5.97 Å². The molecule has 2 N–H and O–H groups in total. The lowest BCUT2D eigenvalue weighted by Gasteiger charge is -2.15. The fraction of sp³-hybridized carbons (Fsp3) is 0.667. The van der Waals surface area contributed by atoms with Crippen LogP contribution in [0.4, 0.5) is 0 Å². The molecule has 0 aliphatic heterocycles. The smallest absolute Gasteiger partial charge is 0.310 e. The van der Waals surface area contributed by atoms with Crippen molar-refractivity contribution in [2.24, 2.45) is 11.3 Å². The number of aromatic nitrogens is 1. The summed E-state index contributed by atoms with van der Waals surface area (Å²) in [6.45, 7) is 1.87. The molecule has 0 unspecified atom stereocenters. The number of aliphatic carboxylic acids is 1. The van der Waals surface area contributed by atoms with Gasteiger partial charge in [-0.25, -0.2) is 0 Å². The van der Waals surface area contributed by atoms with E-state index < -0.39 is 11.4 Å². The lowest BCUT2D eigenvalue weighted by atomic mass is 10.0. The molecule has 1 heterocycles. The minimum Gasteiger partial charge on any atom is -0.481 e. The Morgan fingerprint density at radius 1 is 1.38 bits per heavy atom. The Bertz CT molecular complexity index is 634. The lowest BCUT2D eigenvalue weighted by molar-refractivity contribution is -0.143. The predicted molar refractivity (Wildman–Crippen MR) is 71.9 cm³/mol. The van der Waals surface area contributed by atoms with Crippen molar-refractivity contribution in [1.82, 2.24) is 10.5 Å². The minimum absolute atomic E-state index is 0.0622. The van der Waals surface area contributed by atoms with E-state index in [2.05, 4.69) is 10.5 Å². The summed E-state index contributed by atoms with van der Waals surface area (Å²) in [5.41, 5.74) is 0.601. The van der Waals surface area contributed by atoms with Gasteiger partial charge in [0.05, 0.1) is 5.41 Å². The van der Waals surface area contributed by atoms with Crippen LogP contribution in [-0.2, 0) is 4.79 Å². The number of carbonyl (C=O) groups excluding carboxylic acids is 1. The van der Waals surface area contributed by atoms with Gasteiger partial charge in [0.2, 0.25) is 0 Å². The van der Waals surface area contributed by atoms with Gasteiger partial charge in [0.15, 0.2) is 5.69 Å². The zero-order valence-electron chi connectivity index (χ0n) is 11.9. The van der Waals surface area contributed by atoms with Crippen LogP contribution >= 0.6 is 0 Å². The summed E-state index contributed by atoms with van der Waals surface area (Å²) in [7, 11) is 0. The van der Waals surface area contributed by atoms with Crippen molar-refractivity contribution in [3.8, 4) is 0 Å². The van der Waals surface area contributed by atoms with E-state index in [1.54, 1.807) is 0 Å². The van der Waals surface area contributed by atoms with Crippen LogP contribution in [0.15, 0.2) is 4.52 Å². The van der Waals surface area contributed by atoms with Crippen molar-refractivity contribution in [2.75, 3.05) is 0 Å². The Hall–Kier alpha value is -1.85. The molecular weight excluding hydrogens is 272 g/mol. The molecule has 6 heteroatoms. The Labute approximate surface area is 121 Å². The molecule has 6 nitrogen and oxygen atoms in total. The highest BCUT2D eigenvalue weighted by molar-refractivity contribution is 5.94. The Balaban J connectivity index is 1.44. The van der Waals surface area contributed by atoms with E-state index in [0.717, 1.165) is 37.0 Å². The second-order valence-corrected chi connectivity index (χ2v) is 6.77. The molecule has 3 fully saturated rings. The summed E-state index contributed by atoms with van der Waals surface area (Å²) in [4.78, 5) is 23.6. The fourth-order valence-corrected chi connectivity index (χ4v) is 3.81. The SMILES string of the molecule is Cc1c(C(=O)N[C@@H]2C[C@H]3C[C@@]3(C(=O)O)C2)noc1C1CC1. The van der Waals surface area contributed by atoms with Crippen LogP contribution in [-0.4, -0.2) is 28.2 Å². The summed E-state index contributed by atoms with van der Waals surface area (Å²) in [5.74, 6) is 0.512. The monoisotopic (exact) mass is 290 g/mol. The number of hydrogen-bond acceptors (Lipinski definition) is 4. The van der Waals surface area contributed by atoms with E-state index in [0.29, 0.717) is 18.0 Å². The summed E-state index contributed by atoms with van der Waals surface area (Å²) >= 11 is 0. The highest BCUT2D eigenvalue weighted by Gasteiger charge is 2.65. The van der Waals surface area contributed by atoms with Crippen LogP contribution in [0, 0.1) is 18.3 Å². The van der Waals surface area contributed by atoms with E-state index in [1.165, 1.54) is 0 Å². The number of carbonyl (C=O) groups is 2. The second kappa shape index (κ2) is 4.08. The summed E-state index contributed by atoms with van der Waals surface area (Å²) in [6.07, 6.45) is 4.24. The Morgan fingerprint density at radius 2 is 2.14 bits per heavy atom. The second-order valence-electron chi connectivity index (χ2n) is 6.77. The van der Waals surface area contributed by atoms with Crippen molar-refractivity contribution in [1.29, 1.82) is 0 Å². The van der Waals surface area contributed by atoms with Crippen molar-refractivity contribution in [2.45, 2.75) is 51.0 Å². The minimum atomic E-state index is -0.724. The molecule has 3 aliphatic carbocycles. The number of rotatable bonds is 4. The van der Waals surface area contributed by atoms with Gasteiger partial charge in [-0.2, -0.15) is 0 Å². The molecule has 0 saturated heterocycles. The molecule has 112 valence electrons. The third kappa shape index (κ3) is 1.88. The van der Waals surface area contributed by atoms with Crippen LogP contribution in [0.3, 0.4) is 0 Å². The van der Waals surface area contributed by atoms with Gasteiger partial charge in [-0.15, -0.1) is 0 Å². The quantitative estimate of drug-likeness (QED) is 0.882. The number of hydrogen-bond donors (Lipinski definition) is 2. The van der Waals surface area contributed by atoms with Gasteiger partial charge in [0, 0.05) is 17.5 Å². The van der Waals surface area contributed by atoms with Gasteiger partial charge in [0.25, 0.3) is 5.91 Å². The van der Waals surface area contributed by atoms with E-state index in [-0.39, 0.29) is 17.9 Å². The van der Waals surface area contributed by atoms with Crippen LogP contribution in [0.2, 0.25) is 0 Å². The number of nitrogens with one attached hydrogen (secondary N) is 1. The van der Waals surface area contributed by atoms with Crippen LogP contribution in [0.25, 0.3) is 0 Å². The molecular formula is C15H18N2O4.